The van der Waals surface area contributed by atoms with Crippen molar-refractivity contribution in [2.24, 2.45) is 0 Å². The maximum atomic E-state index is 13.0. The van der Waals surface area contributed by atoms with Crippen LogP contribution < -0.4 is 10.2 Å². The van der Waals surface area contributed by atoms with E-state index in [-0.39, 0.29) is 24.1 Å². The van der Waals surface area contributed by atoms with Crippen LogP contribution in [0, 0.1) is 0 Å². The second-order valence-corrected chi connectivity index (χ2v) is 8.00. The zero-order valence-corrected chi connectivity index (χ0v) is 17.4. The Kier molecular flexibility index (Phi) is 5.06. The van der Waals surface area contributed by atoms with Gasteiger partial charge in [-0.2, -0.15) is 5.01 Å². The summed E-state index contributed by atoms with van der Waals surface area (Å²) in [6, 6.07) is 8.44. The van der Waals surface area contributed by atoms with Gasteiger partial charge in [-0.15, -0.1) is 0 Å². The van der Waals surface area contributed by atoms with Gasteiger partial charge in [0.1, 0.15) is 0 Å². The number of aromatic nitrogens is 1. The number of fused-ring (bicyclic) bond motifs is 1. The molecule has 2 saturated heterocycles. The largest absolute Gasteiger partial charge is 0.368 e. The lowest BCUT2D eigenvalue weighted by Gasteiger charge is -2.36. The minimum absolute atomic E-state index is 0.00972. The van der Waals surface area contributed by atoms with Crippen molar-refractivity contribution in [1.82, 2.24) is 25.2 Å². The SMILES string of the molecule is O=C1CCN(N2C(=O)c3ccc(CN4CCN(c5cccnc5)CC4)cc3C2=O)C(=O)N1. The van der Waals surface area contributed by atoms with Crippen LogP contribution in [0.15, 0.2) is 42.7 Å². The Morgan fingerprint density at radius 1 is 0.906 bits per heavy atom. The highest BCUT2D eigenvalue weighted by atomic mass is 16.2. The smallest absolute Gasteiger partial charge is 0.343 e. The molecule has 0 radical (unpaired) electrons. The molecule has 5 rings (SSSR count). The second kappa shape index (κ2) is 8.04. The van der Waals surface area contributed by atoms with E-state index in [9.17, 15) is 19.2 Å². The third-order valence-corrected chi connectivity index (χ3v) is 5.99. The number of anilines is 1. The number of nitrogens with zero attached hydrogens (tertiary/aromatic N) is 5. The van der Waals surface area contributed by atoms with E-state index in [0.717, 1.165) is 47.4 Å². The summed E-state index contributed by atoms with van der Waals surface area (Å²) in [5, 5.41) is 3.98. The van der Waals surface area contributed by atoms with Gasteiger partial charge in [0.25, 0.3) is 11.8 Å². The van der Waals surface area contributed by atoms with E-state index in [1.54, 1.807) is 18.3 Å². The van der Waals surface area contributed by atoms with Crippen LogP contribution in [0.3, 0.4) is 0 Å². The van der Waals surface area contributed by atoms with Gasteiger partial charge in [0, 0.05) is 45.3 Å². The molecule has 0 aliphatic carbocycles. The van der Waals surface area contributed by atoms with Crippen LogP contribution in [-0.2, 0) is 11.3 Å². The van der Waals surface area contributed by atoms with Crippen molar-refractivity contribution >= 4 is 29.4 Å². The molecule has 0 bridgehead atoms. The first-order valence-electron chi connectivity index (χ1n) is 10.5. The maximum absolute atomic E-state index is 13.0. The van der Waals surface area contributed by atoms with E-state index < -0.39 is 23.8 Å². The van der Waals surface area contributed by atoms with Crippen LogP contribution in [0.1, 0.15) is 32.7 Å². The number of hydrogen-bond donors (Lipinski definition) is 1. The first-order valence-corrected chi connectivity index (χ1v) is 10.5. The number of piperazine rings is 1. The van der Waals surface area contributed by atoms with Crippen LogP contribution in [0.25, 0.3) is 0 Å². The number of benzene rings is 1. The Balaban J connectivity index is 1.26. The molecule has 1 N–H and O–H groups in total. The predicted molar refractivity (Wildman–Crippen MR) is 114 cm³/mol. The van der Waals surface area contributed by atoms with Crippen LogP contribution in [-0.4, -0.2) is 76.4 Å². The molecule has 164 valence electrons. The summed E-state index contributed by atoms with van der Waals surface area (Å²) >= 11 is 0. The van der Waals surface area contributed by atoms with Crippen LogP contribution in [0.2, 0.25) is 0 Å². The Bertz CT molecular complexity index is 1100. The van der Waals surface area contributed by atoms with E-state index in [4.69, 9.17) is 0 Å². The predicted octanol–water partition coefficient (Wildman–Crippen LogP) is 0.857. The number of carbonyl (C=O) groups excluding carboxylic acids is 4. The van der Waals surface area contributed by atoms with Crippen molar-refractivity contribution in [3.05, 3.63) is 59.4 Å². The van der Waals surface area contributed by atoms with E-state index in [1.807, 2.05) is 18.3 Å². The summed E-state index contributed by atoms with van der Waals surface area (Å²) in [7, 11) is 0. The van der Waals surface area contributed by atoms with Gasteiger partial charge < -0.3 is 4.90 Å². The molecule has 3 aliphatic heterocycles. The number of urea groups is 1. The molecule has 0 atom stereocenters. The van der Waals surface area contributed by atoms with Crippen molar-refractivity contribution in [3.8, 4) is 0 Å². The zero-order chi connectivity index (χ0) is 22.2. The molecule has 32 heavy (non-hydrogen) atoms. The monoisotopic (exact) mass is 434 g/mol. The molecule has 0 unspecified atom stereocenters. The molecule has 2 aromatic rings. The van der Waals surface area contributed by atoms with E-state index in [2.05, 4.69) is 26.2 Å². The van der Waals surface area contributed by atoms with Crippen LogP contribution in [0.4, 0.5) is 10.5 Å². The van der Waals surface area contributed by atoms with Crippen LogP contribution in [0.5, 0.6) is 0 Å². The van der Waals surface area contributed by atoms with E-state index >= 15 is 0 Å². The number of amides is 5. The minimum Gasteiger partial charge on any atom is -0.368 e. The zero-order valence-electron chi connectivity index (χ0n) is 17.4. The van der Waals surface area contributed by atoms with Crippen LogP contribution >= 0.6 is 0 Å². The second-order valence-electron chi connectivity index (χ2n) is 8.00. The quantitative estimate of drug-likeness (QED) is 0.712. The lowest BCUT2D eigenvalue weighted by Crippen LogP contribution is -2.58. The van der Waals surface area contributed by atoms with Crippen molar-refractivity contribution in [3.63, 3.8) is 0 Å². The van der Waals surface area contributed by atoms with E-state index in [0.29, 0.717) is 6.54 Å². The molecule has 3 aliphatic rings. The molecule has 4 heterocycles. The summed E-state index contributed by atoms with van der Waals surface area (Å²) in [5.74, 6) is -1.52. The number of carbonyl (C=O) groups is 4. The average Bonchev–Trinajstić information content (AvgIpc) is 3.05. The number of rotatable bonds is 4. The Morgan fingerprint density at radius 2 is 1.69 bits per heavy atom. The number of hydrazine groups is 1. The topological polar surface area (TPSA) is 106 Å². The molecule has 2 fully saturated rings. The summed E-state index contributed by atoms with van der Waals surface area (Å²) < 4.78 is 0. The summed E-state index contributed by atoms with van der Waals surface area (Å²) in [4.78, 5) is 58.0. The van der Waals surface area contributed by atoms with E-state index in [1.165, 1.54) is 0 Å². The first-order chi connectivity index (χ1) is 15.5. The first kappa shape index (κ1) is 20.1. The van der Waals surface area contributed by atoms with Gasteiger partial charge in [-0.05, 0) is 29.8 Å². The average molecular weight is 434 g/mol. The molecule has 1 aromatic heterocycles. The highest BCUT2D eigenvalue weighted by Crippen LogP contribution is 2.27. The van der Waals surface area contributed by atoms with Crippen molar-refractivity contribution in [2.45, 2.75) is 13.0 Å². The fraction of sp³-hybridized carbons (Fsp3) is 0.318. The number of nitrogens with one attached hydrogen (secondary N) is 1. The van der Waals surface area contributed by atoms with Gasteiger partial charge in [-0.25, -0.2) is 9.80 Å². The molecule has 5 amide bonds. The van der Waals surface area contributed by atoms with Gasteiger partial charge in [0.15, 0.2) is 0 Å². The Morgan fingerprint density at radius 3 is 2.41 bits per heavy atom. The molecule has 0 saturated carbocycles. The summed E-state index contributed by atoms with van der Waals surface area (Å²) in [6.07, 6.45) is 3.66. The molecular formula is C22H22N6O4. The van der Waals surface area contributed by atoms with Gasteiger partial charge in [0.05, 0.1) is 29.6 Å². The highest BCUT2D eigenvalue weighted by molar-refractivity contribution is 6.22. The maximum Gasteiger partial charge on any atom is 0.343 e. The molecule has 10 nitrogen and oxygen atoms in total. The van der Waals surface area contributed by atoms with Gasteiger partial charge in [0.2, 0.25) is 5.91 Å². The minimum atomic E-state index is -0.762. The fourth-order valence-corrected chi connectivity index (χ4v) is 4.30. The van der Waals surface area contributed by atoms with Gasteiger partial charge in [-0.3, -0.25) is 29.6 Å². The third kappa shape index (κ3) is 3.58. The van der Waals surface area contributed by atoms with Crippen molar-refractivity contribution in [2.75, 3.05) is 37.6 Å². The highest BCUT2D eigenvalue weighted by Gasteiger charge is 2.43. The molecule has 1 aromatic carbocycles. The van der Waals surface area contributed by atoms with Crippen molar-refractivity contribution in [1.29, 1.82) is 0 Å². The molecule has 0 spiro atoms. The lowest BCUT2D eigenvalue weighted by atomic mass is 10.1. The number of imide groups is 2. The Labute approximate surface area is 184 Å². The summed E-state index contributed by atoms with van der Waals surface area (Å²) in [5.41, 5.74) is 2.59. The van der Waals surface area contributed by atoms with Gasteiger partial charge in [-0.1, -0.05) is 6.07 Å². The standard InChI is InChI=1S/C22H22N6O4/c29-19-5-7-27(22(32)24-19)28-20(30)17-4-3-15(12-18(17)21(28)31)14-25-8-10-26(11-9-25)16-2-1-6-23-13-16/h1-4,6,12-13H,5,7-11,14H2,(H,24,29,32). The molecule has 10 heteroatoms. The normalized spacial score (nSPS) is 19.4. The Hall–Kier alpha value is -3.79. The molecular weight excluding hydrogens is 412 g/mol. The van der Waals surface area contributed by atoms with Crippen molar-refractivity contribution < 1.29 is 19.2 Å². The fourth-order valence-electron chi connectivity index (χ4n) is 4.30. The lowest BCUT2D eigenvalue weighted by molar-refractivity contribution is -0.122. The third-order valence-electron chi connectivity index (χ3n) is 5.99. The summed E-state index contributed by atoms with van der Waals surface area (Å²) in [6.45, 7) is 4.15. The number of pyridine rings is 1. The number of hydrogen-bond acceptors (Lipinski definition) is 7. The van der Waals surface area contributed by atoms with Gasteiger partial charge >= 0.3 is 6.03 Å².